The van der Waals surface area contributed by atoms with Crippen LogP contribution in [0, 0.1) is 5.92 Å². The van der Waals surface area contributed by atoms with Crippen molar-refractivity contribution in [2.24, 2.45) is 5.92 Å². The van der Waals surface area contributed by atoms with Crippen LogP contribution < -0.4 is 0 Å². The molecule has 0 aromatic heterocycles. The fraction of sp³-hybridized carbons (Fsp3) is 0.818. The Labute approximate surface area is 71.7 Å². The molecule has 0 radical (unpaired) electrons. The summed E-state index contributed by atoms with van der Waals surface area (Å²) in [6, 6.07) is 0. The van der Waals surface area contributed by atoms with Gasteiger partial charge in [0.25, 0.3) is 0 Å². The van der Waals surface area contributed by atoms with Crippen LogP contribution in [0.3, 0.4) is 0 Å². The van der Waals surface area contributed by atoms with Gasteiger partial charge >= 0.3 is 0 Å². The molecule has 0 rings (SSSR count). The first kappa shape index (κ1) is 10.7. The van der Waals surface area contributed by atoms with Crippen molar-refractivity contribution in [2.45, 2.75) is 52.4 Å². The van der Waals surface area contributed by atoms with Gasteiger partial charge in [-0.15, -0.1) is 6.58 Å². The Morgan fingerprint density at radius 2 is 1.55 bits per heavy atom. The predicted molar refractivity (Wildman–Crippen MR) is 52.7 cm³/mol. The summed E-state index contributed by atoms with van der Waals surface area (Å²) in [5.41, 5.74) is 0. The van der Waals surface area contributed by atoms with Crippen molar-refractivity contribution in [3.63, 3.8) is 0 Å². The summed E-state index contributed by atoms with van der Waals surface area (Å²) >= 11 is 0. The monoisotopic (exact) mass is 154 g/mol. The highest BCUT2D eigenvalue weighted by atomic mass is 14.1. The smallest absolute Gasteiger partial charge is 0.0236 e. The lowest BCUT2D eigenvalue weighted by Crippen LogP contribution is -1.95. The van der Waals surface area contributed by atoms with Gasteiger partial charge in [-0.25, -0.2) is 0 Å². The second-order valence-electron chi connectivity index (χ2n) is 3.28. The lowest BCUT2D eigenvalue weighted by Gasteiger charge is -2.09. The second-order valence-corrected chi connectivity index (χ2v) is 3.28. The lowest BCUT2D eigenvalue weighted by molar-refractivity contribution is 0.498. The van der Waals surface area contributed by atoms with Crippen LogP contribution >= 0.6 is 0 Å². The van der Waals surface area contributed by atoms with Crippen molar-refractivity contribution in [1.82, 2.24) is 0 Å². The molecule has 0 aliphatic rings. The molecule has 0 saturated carbocycles. The Bertz CT molecular complexity index is 76.0. The van der Waals surface area contributed by atoms with Crippen molar-refractivity contribution in [1.29, 1.82) is 0 Å². The summed E-state index contributed by atoms with van der Waals surface area (Å²) in [5.74, 6) is 0.787. The Morgan fingerprint density at radius 1 is 1.09 bits per heavy atom. The van der Waals surface area contributed by atoms with E-state index in [1.54, 1.807) is 0 Å². The van der Waals surface area contributed by atoms with E-state index in [-0.39, 0.29) is 0 Å². The largest absolute Gasteiger partial charge is 0.103 e. The Hall–Kier alpha value is -0.260. The van der Waals surface area contributed by atoms with Gasteiger partial charge in [0.05, 0.1) is 0 Å². The van der Waals surface area contributed by atoms with Crippen LogP contribution in [0.25, 0.3) is 0 Å². The van der Waals surface area contributed by atoms with Gasteiger partial charge < -0.3 is 0 Å². The molecule has 66 valence electrons. The summed E-state index contributed by atoms with van der Waals surface area (Å²) < 4.78 is 0. The normalized spacial score (nSPS) is 10.5. The van der Waals surface area contributed by atoms with Gasteiger partial charge in [-0.1, -0.05) is 45.6 Å². The van der Waals surface area contributed by atoms with Gasteiger partial charge in [-0.2, -0.15) is 0 Å². The zero-order valence-electron chi connectivity index (χ0n) is 8.10. The van der Waals surface area contributed by atoms with E-state index in [1.807, 2.05) is 0 Å². The van der Waals surface area contributed by atoms with Gasteiger partial charge in [0.2, 0.25) is 0 Å². The van der Waals surface area contributed by atoms with Gasteiger partial charge in [0.1, 0.15) is 0 Å². The average molecular weight is 154 g/mol. The molecule has 0 aliphatic carbocycles. The zero-order valence-corrected chi connectivity index (χ0v) is 8.10. The molecule has 0 saturated heterocycles. The summed E-state index contributed by atoms with van der Waals surface area (Å²) in [4.78, 5) is 0. The Kier molecular flexibility index (Phi) is 7.66. The molecule has 0 nitrogen and oxygen atoms in total. The fourth-order valence-corrected chi connectivity index (χ4v) is 1.31. The van der Waals surface area contributed by atoms with Crippen LogP contribution in [-0.2, 0) is 0 Å². The minimum atomic E-state index is 0.787. The van der Waals surface area contributed by atoms with Crippen LogP contribution in [0.15, 0.2) is 12.7 Å². The Morgan fingerprint density at radius 3 is 1.82 bits per heavy atom. The fourth-order valence-electron chi connectivity index (χ4n) is 1.31. The topological polar surface area (TPSA) is 0 Å². The van der Waals surface area contributed by atoms with Gasteiger partial charge in [0.15, 0.2) is 0 Å². The van der Waals surface area contributed by atoms with Crippen LogP contribution in [0.2, 0.25) is 0 Å². The summed E-state index contributed by atoms with van der Waals surface area (Å²) in [5, 5.41) is 0. The van der Waals surface area contributed by atoms with E-state index in [1.165, 1.54) is 38.5 Å². The van der Waals surface area contributed by atoms with Crippen molar-refractivity contribution >= 4 is 0 Å². The molecule has 11 heavy (non-hydrogen) atoms. The molecule has 0 heterocycles. The molecule has 0 aromatic carbocycles. The predicted octanol–water partition coefficient (Wildman–Crippen LogP) is 4.17. The maximum absolute atomic E-state index is 3.87. The minimum absolute atomic E-state index is 0.787. The molecular formula is C11H22. The molecule has 0 fully saturated rings. The minimum Gasteiger partial charge on any atom is -0.103 e. The first-order chi connectivity index (χ1) is 5.35. The van der Waals surface area contributed by atoms with E-state index in [0.717, 1.165) is 5.92 Å². The molecule has 0 aromatic rings. The molecule has 0 heteroatoms. The van der Waals surface area contributed by atoms with Crippen molar-refractivity contribution < 1.29 is 0 Å². The van der Waals surface area contributed by atoms with Crippen molar-refractivity contribution in [3.05, 3.63) is 12.7 Å². The second kappa shape index (κ2) is 7.84. The highest BCUT2D eigenvalue weighted by molar-refractivity contribution is 4.78. The van der Waals surface area contributed by atoms with E-state index in [2.05, 4.69) is 26.5 Å². The molecule has 0 atom stereocenters. The van der Waals surface area contributed by atoms with Crippen LogP contribution in [-0.4, -0.2) is 0 Å². The van der Waals surface area contributed by atoms with Crippen LogP contribution in [0.1, 0.15) is 52.4 Å². The van der Waals surface area contributed by atoms with Crippen molar-refractivity contribution in [2.75, 3.05) is 0 Å². The molecule has 0 bridgehead atoms. The van der Waals surface area contributed by atoms with E-state index >= 15 is 0 Å². The molecule has 0 unspecified atom stereocenters. The first-order valence-electron chi connectivity index (χ1n) is 4.97. The maximum Gasteiger partial charge on any atom is -0.0236 e. The van der Waals surface area contributed by atoms with E-state index in [0.29, 0.717) is 0 Å². The van der Waals surface area contributed by atoms with E-state index in [9.17, 15) is 0 Å². The number of rotatable bonds is 7. The summed E-state index contributed by atoms with van der Waals surface area (Å²) in [7, 11) is 0. The summed E-state index contributed by atoms with van der Waals surface area (Å²) in [6.45, 7) is 8.37. The third-order valence-corrected chi connectivity index (χ3v) is 2.19. The Balaban J connectivity index is 3.33. The first-order valence-corrected chi connectivity index (χ1v) is 4.97. The lowest BCUT2D eigenvalue weighted by atomic mass is 9.96. The number of unbranched alkanes of at least 4 members (excludes halogenated alkanes) is 2. The van der Waals surface area contributed by atoms with Crippen LogP contribution in [0.4, 0.5) is 0 Å². The molecule has 0 N–H and O–H groups in total. The summed E-state index contributed by atoms with van der Waals surface area (Å²) in [6.07, 6.45) is 10.2. The quantitative estimate of drug-likeness (QED) is 0.483. The average Bonchev–Trinajstić information content (AvgIpc) is 2.05. The van der Waals surface area contributed by atoms with Crippen LogP contribution in [0.5, 0.6) is 0 Å². The maximum atomic E-state index is 3.87. The third-order valence-electron chi connectivity index (χ3n) is 2.19. The number of hydrogen-bond donors (Lipinski definition) is 0. The molecular weight excluding hydrogens is 132 g/mol. The van der Waals surface area contributed by atoms with Crippen molar-refractivity contribution in [3.8, 4) is 0 Å². The number of hydrogen-bond acceptors (Lipinski definition) is 0. The molecule has 0 spiro atoms. The van der Waals surface area contributed by atoms with Gasteiger partial charge in [-0.05, 0) is 18.8 Å². The molecule has 0 aliphatic heterocycles. The zero-order chi connectivity index (χ0) is 8.53. The molecule has 0 amide bonds. The van der Waals surface area contributed by atoms with E-state index in [4.69, 9.17) is 0 Å². The van der Waals surface area contributed by atoms with E-state index < -0.39 is 0 Å². The SMILES string of the molecule is C=CC(CCCC)CCCC. The van der Waals surface area contributed by atoms with Gasteiger partial charge in [0, 0.05) is 0 Å². The highest BCUT2D eigenvalue weighted by Crippen LogP contribution is 2.16. The van der Waals surface area contributed by atoms with Gasteiger partial charge in [-0.3, -0.25) is 0 Å². The number of allylic oxidation sites excluding steroid dienone is 1. The third kappa shape index (κ3) is 6.15. The standard InChI is InChI=1S/C11H22/c1-4-7-9-11(6-3)10-8-5-2/h6,11H,3-5,7-10H2,1-2H3. The highest BCUT2D eigenvalue weighted by Gasteiger charge is 2.01.